The summed E-state index contributed by atoms with van der Waals surface area (Å²) in [4.78, 5) is 15.0. The first kappa shape index (κ1) is 18.3. The highest BCUT2D eigenvalue weighted by atomic mass is 32.2. The van der Waals surface area contributed by atoms with Gasteiger partial charge in [0.15, 0.2) is 16.1 Å². The predicted molar refractivity (Wildman–Crippen MR) is 104 cm³/mol. The van der Waals surface area contributed by atoms with Crippen LogP contribution in [-0.4, -0.2) is 56.9 Å². The molecule has 1 amide bonds. The molecule has 3 N–H and O–H groups in total. The molecular formula is C18H25N5O3S. The van der Waals surface area contributed by atoms with Crippen molar-refractivity contribution in [1.29, 1.82) is 0 Å². The molecule has 0 aliphatic carbocycles. The summed E-state index contributed by atoms with van der Waals surface area (Å²) in [5.74, 6) is 0.460. The smallest absolute Gasteiger partial charge is 0.269 e. The van der Waals surface area contributed by atoms with Crippen molar-refractivity contribution in [2.45, 2.75) is 20.1 Å². The molecule has 1 aromatic rings. The maximum absolute atomic E-state index is 12.9. The van der Waals surface area contributed by atoms with Gasteiger partial charge in [-0.15, -0.1) is 0 Å². The van der Waals surface area contributed by atoms with Crippen molar-refractivity contribution in [3.8, 4) is 0 Å². The van der Waals surface area contributed by atoms with Gasteiger partial charge in [-0.3, -0.25) is 10.1 Å². The van der Waals surface area contributed by atoms with Gasteiger partial charge in [0, 0.05) is 24.4 Å². The molecule has 9 heteroatoms. The summed E-state index contributed by atoms with van der Waals surface area (Å²) in [7, 11) is -2.89. The van der Waals surface area contributed by atoms with E-state index >= 15 is 0 Å². The van der Waals surface area contributed by atoms with Gasteiger partial charge in [0.2, 0.25) is 0 Å². The lowest BCUT2D eigenvalue weighted by molar-refractivity contribution is -0.132. The number of hydrogen-bond donors (Lipinski definition) is 3. The molecule has 3 aliphatic heterocycles. The van der Waals surface area contributed by atoms with E-state index in [4.69, 9.17) is 0 Å². The summed E-state index contributed by atoms with van der Waals surface area (Å²) in [6.45, 7) is 5.61. The van der Waals surface area contributed by atoms with Crippen molar-refractivity contribution in [2.75, 3.05) is 36.2 Å². The van der Waals surface area contributed by atoms with Crippen LogP contribution in [0.2, 0.25) is 0 Å². The lowest BCUT2D eigenvalue weighted by atomic mass is 9.94. The summed E-state index contributed by atoms with van der Waals surface area (Å²) < 4.78 is 23.2. The third kappa shape index (κ3) is 3.42. The van der Waals surface area contributed by atoms with E-state index < -0.39 is 9.84 Å². The van der Waals surface area contributed by atoms with Crippen LogP contribution in [0, 0.1) is 5.92 Å². The van der Waals surface area contributed by atoms with Gasteiger partial charge in [0.05, 0.1) is 23.9 Å². The summed E-state index contributed by atoms with van der Waals surface area (Å²) in [6.07, 6.45) is -0.262. The molecule has 146 valence electrons. The zero-order chi connectivity index (χ0) is 19.2. The van der Waals surface area contributed by atoms with Crippen molar-refractivity contribution in [3.63, 3.8) is 0 Å². The zero-order valence-corrected chi connectivity index (χ0v) is 16.3. The minimum atomic E-state index is -2.89. The van der Waals surface area contributed by atoms with Crippen LogP contribution in [0.15, 0.2) is 29.8 Å². The largest absolute Gasteiger partial charge is 0.369 e. The van der Waals surface area contributed by atoms with Crippen LogP contribution in [0.25, 0.3) is 5.70 Å². The number of hydrazine groups is 1. The monoisotopic (exact) mass is 391 g/mol. The number of amides is 1. The Hall–Kier alpha value is -2.10. The average molecular weight is 391 g/mol. The standard InChI is InChI=1S/C18H25N5O3S/c1-12(2)15-16(21-18-19-11-20-23(18)17(15)24)13-3-5-14(6-4-13)22-7-9-27(25,26)10-8-22/h3-6,12,18-21H,7-11H2,1-2H3. The maximum atomic E-state index is 12.9. The van der Waals surface area contributed by atoms with Crippen molar-refractivity contribution in [3.05, 3.63) is 35.4 Å². The van der Waals surface area contributed by atoms with Gasteiger partial charge < -0.3 is 10.2 Å². The topological polar surface area (TPSA) is 93.8 Å². The summed E-state index contributed by atoms with van der Waals surface area (Å²) in [5.41, 5.74) is 6.60. The van der Waals surface area contributed by atoms with Crippen LogP contribution in [0.5, 0.6) is 0 Å². The Morgan fingerprint density at radius 1 is 1.11 bits per heavy atom. The molecular weight excluding hydrogens is 366 g/mol. The number of carbonyl (C=O) groups excluding carboxylic acids is 1. The molecule has 0 saturated carbocycles. The van der Waals surface area contributed by atoms with Crippen molar-refractivity contribution in [1.82, 2.24) is 21.1 Å². The number of hydrogen-bond acceptors (Lipinski definition) is 7. The van der Waals surface area contributed by atoms with E-state index in [0.29, 0.717) is 19.8 Å². The molecule has 1 aromatic carbocycles. The Balaban J connectivity index is 1.61. The van der Waals surface area contributed by atoms with Gasteiger partial charge in [-0.1, -0.05) is 26.0 Å². The zero-order valence-electron chi connectivity index (χ0n) is 15.5. The number of rotatable bonds is 3. The van der Waals surface area contributed by atoms with E-state index in [1.54, 1.807) is 5.01 Å². The Morgan fingerprint density at radius 3 is 2.41 bits per heavy atom. The molecule has 0 spiro atoms. The molecule has 3 heterocycles. The second-order valence-electron chi connectivity index (χ2n) is 7.39. The first-order valence-electron chi connectivity index (χ1n) is 9.23. The lowest BCUT2D eigenvalue weighted by Gasteiger charge is -2.35. The molecule has 3 aliphatic rings. The van der Waals surface area contributed by atoms with Crippen LogP contribution in [-0.2, 0) is 14.6 Å². The molecule has 0 aromatic heterocycles. The number of fused-ring (bicyclic) bond motifs is 1. The van der Waals surface area contributed by atoms with E-state index in [-0.39, 0.29) is 29.6 Å². The highest BCUT2D eigenvalue weighted by Gasteiger charge is 2.38. The van der Waals surface area contributed by atoms with Crippen molar-refractivity contribution < 1.29 is 13.2 Å². The van der Waals surface area contributed by atoms with Crippen LogP contribution >= 0.6 is 0 Å². The summed E-state index contributed by atoms with van der Waals surface area (Å²) >= 11 is 0. The Kier molecular flexibility index (Phi) is 4.61. The molecule has 1 atom stereocenters. The molecule has 4 rings (SSSR count). The summed E-state index contributed by atoms with van der Waals surface area (Å²) in [6, 6.07) is 7.98. The third-order valence-electron chi connectivity index (χ3n) is 5.25. The lowest BCUT2D eigenvalue weighted by Crippen LogP contribution is -2.56. The molecule has 0 bridgehead atoms. The fourth-order valence-electron chi connectivity index (χ4n) is 3.75. The highest BCUT2D eigenvalue weighted by molar-refractivity contribution is 7.91. The van der Waals surface area contributed by atoms with E-state index in [2.05, 4.69) is 21.0 Å². The molecule has 0 radical (unpaired) electrons. The Bertz CT molecular complexity index is 865. The van der Waals surface area contributed by atoms with E-state index in [9.17, 15) is 13.2 Å². The Morgan fingerprint density at radius 2 is 1.78 bits per heavy atom. The molecule has 1 unspecified atom stereocenters. The van der Waals surface area contributed by atoms with Gasteiger partial charge >= 0.3 is 0 Å². The molecule has 2 fully saturated rings. The predicted octanol–water partition coefficient (Wildman–Crippen LogP) is 0.0692. The molecule has 2 saturated heterocycles. The van der Waals surface area contributed by atoms with E-state index in [1.807, 2.05) is 38.1 Å². The van der Waals surface area contributed by atoms with Gasteiger partial charge in [-0.25, -0.2) is 18.9 Å². The number of sulfone groups is 1. The third-order valence-corrected chi connectivity index (χ3v) is 6.85. The van der Waals surface area contributed by atoms with Crippen molar-refractivity contribution >= 4 is 27.1 Å². The highest BCUT2D eigenvalue weighted by Crippen LogP contribution is 2.30. The second kappa shape index (κ2) is 6.81. The van der Waals surface area contributed by atoms with Gasteiger partial charge in [0.1, 0.15) is 0 Å². The molecule has 8 nitrogen and oxygen atoms in total. The van der Waals surface area contributed by atoms with E-state index in [0.717, 1.165) is 22.5 Å². The molecule has 27 heavy (non-hydrogen) atoms. The van der Waals surface area contributed by atoms with Gasteiger partial charge in [-0.05, 0) is 23.6 Å². The average Bonchev–Trinajstić information content (AvgIpc) is 3.10. The SMILES string of the molecule is CC(C)C1=C(c2ccc(N3CCS(=O)(=O)CC3)cc2)NC2NCNN2C1=O. The van der Waals surface area contributed by atoms with Crippen LogP contribution < -0.4 is 21.0 Å². The Labute approximate surface area is 159 Å². The minimum absolute atomic E-state index is 0.0148. The van der Waals surface area contributed by atoms with Gasteiger partial charge in [-0.2, -0.15) is 0 Å². The van der Waals surface area contributed by atoms with Crippen molar-refractivity contribution in [2.24, 2.45) is 5.92 Å². The fourth-order valence-corrected chi connectivity index (χ4v) is 4.95. The fraction of sp³-hybridized carbons (Fsp3) is 0.500. The number of carbonyl (C=O) groups is 1. The normalized spacial score (nSPS) is 25.0. The van der Waals surface area contributed by atoms with Crippen LogP contribution in [0.3, 0.4) is 0 Å². The maximum Gasteiger partial charge on any atom is 0.269 e. The summed E-state index contributed by atoms with van der Waals surface area (Å²) in [5, 5.41) is 8.22. The van der Waals surface area contributed by atoms with Crippen LogP contribution in [0.1, 0.15) is 19.4 Å². The number of nitrogens with one attached hydrogen (secondary N) is 3. The van der Waals surface area contributed by atoms with Gasteiger partial charge in [0.25, 0.3) is 5.91 Å². The first-order valence-corrected chi connectivity index (χ1v) is 11.0. The minimum Gasteiger partial charge on any atom is -0.369 e. The van der Waals surface area contributed by atoms with Crippen LogP contribution in [0.4, 0.5) is 5.69 Å². The van der Waals surface area contributed by atoms with E-state index in [1.165, 1.54) is 0 Å². The second-order valence-corrected chi connectivity index (χ2v) is 9.69. The quantitative estimate of drug-likeness (QED) is 0.671. The first-order chi connectivity index (χ1) is 12.9. The number of anilines is 1. The number of benzene rings is 1. The number of nitrogens with zero attached hydrogens (tertiary/aromatic N) is 2.